The van der Waals surface area contributed by atoms with Gasteiger partial charge in [0.25, 0.3) is 0 Å². The molecule has 0 saturated carbocycles. The van der Waals surface area contributed by atoms with Gasteiger partial charge in [-0.25, -0.2) is 0 Å². The van der Waals surface area contributed by atoms with Crippen molar-refractivity contribution in [2.75, 3.05) is 0 Å². The molecular formula is C13H18. The highest BCUT2D eigenvalue weighted by Crippen LogP contribution is 2.15. The predicted molar refractivity (Wildman–Crippen MR) is 59.9 cm³/mol. The molecule has 0 nitrogen and oxygen atoms in total. The monoisotopic (exact) mass is 174 g/mol. The Hall–Kier alpha value is -1.04. The van der Waals surface area contributed by atoms with E-state index in [2.05, 4.69) is 57.2 Å². The first-order valence-electron chi connectivity index (χ1n) is 5.00. The minimum Gasteiger partial charge on any atom is -0.0842 e. The van der Waals surface area contributed by atoms with Gasteiger partial charge in [-0.2, -0.15) is 0 Å². The molecule has 1 aromatic rings. The first-order chi connectivity index (χ1) is 6.24. The van der Waals surface area contributed by atoms with Crippen LogP contribution < -0.4 is 0 Å². The maximum absolute atomic E-state index is 2.22. The molecule has 13 heavy (non-hydrogen) atoms. The van der Waals surface area contributed by atoms with Crippen molar-refractivity contribution in [2.24, 2.45) is 0 Å². The van der Waals surface area contributed by atoms with Crippen molar-refractivity contribution in [2.45, 2.75) is 33.1 Å². The van der Waals surface area contributed by atoms with E-state index in [9.17, 15) is 0 Å². The van der Waals surface area contributed by atoms with E-state index in [1.807, 2.05) is 0 Å². The highest BCUT2D eigenvalue weighted by Gasteiger charge is 1.96. The number of hydrogen-bond donors (Lipinski definition) is 0. The predicted octanol–water partition coefficient (Wildman–Crippen LogP) is 4.23. The zero-order valence-electron chi connectivity index (χ0n) is 8.75. The van der Waals surface area contributed by atoms with Gasteiger partial charge in [-0.1, -0.05) is 57.2 Å². The van der Waals surface area contributed by atoms with Gasteiger partial charge in [0.2, 0.25) is 0 Å². The van der Waals surface area contributed by atoms with Gasteiger partial charge in [-0.05, 0) is 23.5 Å². The third kappa shape index (κ3) is 3.06. The summed E-state index contributed by atoms with van der Waals surface area (Å²) in [7, 11) is 0. The normalized spacial score (nSPS) is 11.4. The second kappa shape index (κ2) is 4.86. The lowest BCUT2D eigenvalue weighted by Gasteiger charge is -2.04. The fourth-order valence-corrected chi connectivity index (χ4v) is 1.25. The standard InChI is InChI=1S/C13H18/c1-4-5-6-12-7-9-13(10-8-12)11(2)3/h5-11H,4H2,1-3H3/b6-5-. The highest BCUT2D eigenvalue weighted by atomic mass is 14.0. The molecule has 0 aliphatic rings. The highest BCUT2D eigenvalue weighted by molar-refractivity contribution is 5.49. The second-order valence-corrected chi connectivity index (χ2v) is 3.63. The zero-order chi connectivity index (χ0) is 9.68. The SMILES string of the molecule is CC/C=C\c1ccc(C(C)C)cc1. The zero-order valence-corrected chi connectivity index (χ0v) is 8.75. The Morgan fingerprint density at radius 3 is 2.23 bits per heavy atom. The Morgan fingerprint density at radius 2 is 1.77 bits per heavy atom. The summed E-state index contributed by atoms with van der Waals surface area (Å²) < 4.78 is 0. The summed E-state index contributed by atoms with van der Waals surface area (Å²) in [5.74, 6) is 0.629. The van der Waals surface area contributed by atoms with Crippen LogP contribution in [-0.2, 0) is 0 Å². The minimum atomic E-state index is 0.629. The van der Waals surface area contributed by atoms with E-state index in [0.29, 0.717) is 5.92 Å². The Balaban J connectivity index is 2.75. The molecule has 0 radical (unpaired) electrons. The third-order valence-electron chi connectivity index (χ3n) is 2.15. The number of rotatable bonds is 3. The van der Waals surface area contributed by atoms with Crippen LogP contribution in [0.1, 0.15) is 44.2 Å². The van der Waals surface area contributed by atoms with E-state index in [0.717, 1.165) is 6.42 Å². The van der Waals surface area contributed by atoms with Crippen LogP contribution in [0.15, 0.2) is 30.3 Å². The topological polar surface area (TPSA) is 0 Å². The molecule has 1 rings (SSSR count). The van der Waals surface area contributed by atoms with E-state index < -0.39 is 0 Å². The summed E-state index contributed by atoms with van der Waals surface area (Å²) in [5, 5.41) is 0. The van der Waals surface area contributed by atoms with Crippen LogP contribution in [0.4, 0.5) is 0 Å². The molecule has 0 spiro atoms. The van der Waals surface area contributed by atoms with Gasteiger partial charge in [0, 0.05) is 0 Å². The summed E-state index contributed by atoms with van der Waals surface area (Å²) in [4.78, 5) is 0. The smallest absolute Gasteiger partial charge is 0.0219 e. The van der Waals surface area contributed by atoms with Crippen LogP contribution in [0.25, 0.3) is 6.08 Å². The summed E-state index contributed by atoms with van der Waals surface area (Å²) in [6.45, 7) is 6.59. The second-order valence-electron chi connectivity index (χ2n) is 3.63. The van der Waals surface area contributed by atoms with Gasteiger partial charge in [0.1, 0.15) is 0 Å². The Labute approximate surface area is 81.3 Å². The Kier molecular flexibility index (Phi) is 3.75. The Morgan fingerprint density at radius 1 is 1.15 bits per heavy atom. The minimum absolute atomic E-state index is 0.629. The fourth-order valence-electron chi connectivity index (χ4n) is 1.25. The van der Waals surface area contributed by atoms with Crippen LogP contribution in [-0.4, -0.2) is 0 Å². The average Bonchev–Trinajstić information content (AvgIpc) is 2.15. The van der Waals surface area contributed by atoms with E-state index in [1.165, 1.54) is 11.1 Å². The van der Waals surface area contributed by atoms with Crippen molar-refractivity contribution in [3.8, 4) is 0 Å². The molecule has 0 heterocycles. The molecule has 70 valence electrons. The molecule has 0 fully saturated rings. The lowest BCUT2D eigenvalue weighted by molar-refractivity contribution is 0.866. The van der Waals surface area contributed by atoms with Crippen molar-refractivity contribution in [1.82, 2.24) is 0 Å². The molecule has 0 aromatic heterocycles. The molecule has 1 aromatic carbocycles. The molecule has 0 atom stereocenters. The van der Waals surface area contributed by atoms with E-state index in [-0.39, 0.29) is 0 Å². The van der Waals surface area contributed by atoms with Gasteiger partial charge in [0.05, 0.1) is 0 Å². The van der Waals surface area contributed by atoms with Gasteiger partial charge >= 0.3 is 0 Å². The summed E-state index contributed by atoms with van der Waals surface area (Å²) in [6, 6.07) is 8.78. The van der Waals surface area contributed by atoms with Gasteiger partial charge in [0.15, 0.2) is 0 Å². The summed E-state index contributed by atoms with van der Waals surface area (Å²) in [6.07, 6.45) is 5.46. The molecule has 0 aliphatic carbocycles. The maximum Gasteiger partial charge on any atom is -0.0219 e. The van der Waals surface area contributed by atoms with Gasteiger partial charge in [-0.3, -0.25) is 0 Å². The molecule has 0 unspecified atom stereocenters. The van der Waals surface area contributed by atoms with E-state index in [1.54, 1.807) is 0 Å². The van der Waals surface area contributed by atoms with E-state index in [4.69, 9.17) is 0 Å². The summed E-state index contributed by atoms with van der Waals surface area (Å²) in [5.41, 5.74) is 2.71. The molecule has 0 N–H and O–H groups in total. The largest absolute Gasteiger partial charge is 0.0842 e. The van der Waals surface area contributed by atoms with Gasteiger partial charge in [-0.15, -0.1) is 0 Å². The van der Waals surface area contributed by atoms with Crippen LogP contribution >= 0.6 is 0 Å². The first-order valence-corrected chi connectivity index (χ1v) is 5.00. The lowest BCUT2D eigenvalue weighted by atomic mass is 10.0. The first kappa shape index (κ1) is 10.0. The number of benzene rings is 1. The van der Waals surface area contributed by atoms with Crippen molar-refractivity contribution >= 4 is 6.08 Å². The van der Waals surface area contributed by atoms with Crippen LogP contribution in [0, 0.1) is 0 Å². The van der Waals surface area contributed by atoms with Crippen molar-refractivity contribution < 1.29 is 0 Å². The average molecular weight is 174 g/mol. The molecule has 0 saturated heterocycles. The van der Waals surface area contributed by atoms with Gasteiger partial charge < -0.3 is 0 Å². The molecule has 0 heteroatoms. The van der Waals surface area contributed by atoms with Crippen molar-refractivity contribution in [1.29, 1.82) is 0 Å². The van der Waals surface area contributed by atoms with Crippen LogP contribution in [0.5, 0.6) is 0 Å². The fraction of sp³-hybridized carbons (Fsp3) is 0.385. The molecule has 0 bridgehead atoms. The van der Waals surface area contributed by atoms with Crippen molar-refractivity contribution in [3.63, 3.8) is 0 Å². The van der Waals surface area contributed by atoms with Crippen LogP contribution in [0.3, 0.4) is 0 Å². The van der Waals surface area contributed by atoms with Crippen LogP contribution in [0.2, 0.25) is 0 Å². The molecule has 0 amide bonds. The summed E-state index contributed by atoms with van der Waals surface area (Å²) >= 11 is 0. The molecular weight excluding hydrogens is 156 g/mol. The third-order valence-corrected chi connectivity index (χ3v) is 2.15. The molecule has 0 aliphatic heterocycles. The van der Waals surface area contributed by atoms with Crippen molar-refractivity contribution in [3.05, 3.63) is 41.5 Å². The maximum atomic E-state index is 2.22. The Bertz CT molecular complexity index is 265. The number of hydrogen-bond acceptors (Lipinski definition) is 0. The number of allylic oxidation sites excluding steroid dienone is 1. The lowest BCUT2D eigenvalue weighted by Crippen LogP contribution is -1.85. The van der Waals surface area contributed by atoms with E-state index >= 15 is 0 Å². The quantitative estimate of drug-likeness (QED) is 0.643.